The van der Waals surface area contributed by atoms with Gasteiger partial charge in [0.1, 0.15) is 11.5 Å². The van der Waals surface area contributed by atoms with E-state index in [0.717, 1.165) is 44.6 Å². The van der Waals surface area contributed by atoms with Gasteiger partial charge in [-0.1, -0.05) is 27.2 Å². The Morgan fingerprint density at radius 2 is 2.00 bits per heavy atom. The molecular weight excluding hydrogens is 355 g/mol. The highest BCUT2D eigenvalue weighted by molar-refractivity contribution is 6.04. The molecule has 1 aliphatic rings. The van der Waals surface area contributed by atoms with E-state index in [2.05, 4.69) is 31.1 Å². The number of alkyl halides is 3. The number of hydrogen-bond acceptors (Lipinski definition) is 3. The first kappa shape index (κ1) is 21.4. The topological polar surface area (TPSA) is 54.4 Å². The van der Waals surface area contributed by atoms with E-state index in [4.69, 9.17) is 4.99 Å². The molecule has 0 saturated heterocycles. The van der Waals surface area contributed by atoms with Gasteiger partial charge < -0.3 is 5.32 Å². The summed E-state index contributed by atoms with van der Waals surface area (Å²) in [6, 6.07) is 2.38. The molecule has 1 fully saturated rings. The maximum atomic E-state index is 13.1. The zero-order valence-electron chi connectivity index (χ0n) is 16.1. The fraction of sp³-hybridized carbons (Fsp3) is 0.650. The van der Waals surface area contributed by atoms with Crippen LogP contribution < -0.4 is 5.32 Å². The summed E-state index contributed by atoms with van der Waals surface area (Å²) in [5, 5.41) is 2.60. The molecule has 0 spiro atoms. The Bertz CT molecular complexity index is 667. The standard InChI is InChI=1S/C20H28F3N3O/c1-4-5-15(9-6-13(2)3)25-19(24-12-27)16-10-11-17(20(21,22)23)26-18(16)14-7-8-14/h10-15H,4-9H2,1-3H3,(H,24,25,27). The number of amidine groups is 1. The largest absolute Gasteiger partial charge is 0.433 e. The molecule has 1 aromatic heterocycles. The summed E-state index contributed by atoms with van der Waals surface area (Å²) >= 11 is 0. The monoisotopic (exact) mass is 383 g/mol. The highest BCUT2D eigenvalue weighted by atomic mass is 19.4. The molecule has 1 aliphatic carbocycles. The average molecular weight is 383 g/mol. The Morgan fingerprint density at radius 1 is 1.30 bits per heavy atom. The third-order valence-corrected chi connectivity index (χ3v) is 4.64. The summed E-state index contributed by atoms with van der Waals surface area (Å²) in [7, 11) is 0. The van der Waals surface area contributed by atoms with Gasteiger partial charge in [-0.3, -0.25) is 9.79 Å². The van der Waals surface area contributed by atoms with Crippen LogP contribution in [0.5, 0.6) is 0 Å². The van der Waals surface area contributed by atoms with Crippen LogP contribution in [0.2, 0.25) is 0 Å². The van der Waals surface area contributed by atoms with Crippen molar-refractivity contribution in [3.63, 3.8) is 0 Å². The van der Waals surface area contributed by atoms with Crippen molar-refractivity contribution in [3.8, 4) is 0 Å². The molecule has 1 unspecified atom stereocenters. The maximum absolute atomic E-state index is 13.1. The molecule has 150 valence electrons. The molecule has 7 heteroatoms. The van der Waals surface area contributed by atoms with Crippen molar-refractivity contribution in [2.24, 2.45) is 10.9 Å². The van der Waals surface area contributed by atoms with Crippen molar-refractivity contribution in [2.45, 2.75) is 77.4 Å². The molecule has 2 rings (SSSR count). The summed E-state index contributed by atoms with van der Waals surface area (Å²) in [5.41, 5.74) is -0.0104. The first-order chi connectivity index (χ1) is 12.8. The van der Waals surface area contributed by atoms with Crippen LogP contribution in [0, 0.1) is 5.92 Å². The van der Waals surface area contributed by atoms with E-state index in [1.54, 1.807) is 0 Å². The maximum Gasteiger partial charge on any atom is 0.433 e. The van der Waals surface area contributed by atoms with Gasteiger partial charge in [-0.2, -0.15) is 13.2 Å². The summed E-state index contributed by atoms with van der Waals surface area (Å²) < 4.78 is 39.2. The fourth-order valence-corrected chi connectivity index (χ4v) is 3.06. The van der Waals surface area contributed by atoms with Crippen molar-refractivity contribution in [1.29, 1.82) is 0 Å². The molecule has 0 aromatic carbocycles. The van der Waals surface area contributed by atoms with Gasteiger partial charge in [-0.05, 0) is 50.2 Å². The first-order valence-corrected chi connectivity index (χ1v) is 9.62. The Morgan fingerprint density at radius 3 is 2.52 bits per heavy atom. The van der Waals surface area contributed by atoms with E-state index >= 15 is 0 Å². The van der Waals surface area contributed by atoms with Crippen LogP contribution in [0.3, 0.4) is 0 Å². The van der Waals surface area contributed by atoms with Gasteiger partial charge in [0.25, 0.3) is 0 Å². The molecule has 1 N–H and O–H groups in total. The zero-order chi connectivity index (χ0) is 20.0. The second-order valence-electron chi connectivity index (χ2n) is 7.55. The van der Waals surface area contributed by atoms with Crippen LogP contribution in [0.1, 0.15) is 82.2 Å². The minimum atomic E-state index is -4.49. The Balaban J connectivity index is 2.40. The average Bonchev–Trinajstić information content (AvgIpc) is 3.43. The number of carbonyl (C=O) groups is 1. The van der Waals surface area contributed by atoms with Gasteiger partial charge in [0, 0.05) is 11.5 Å². The predicted molar refractivity (Wildman–Crippen MR) is 99.7 cm³/mol. The Kier molecular flexibility index (Phi) is 7.39. The first-order valence-electron chi connectivity index (χ1n) is 9.62. The van der Waals surface area contributed by atoms with E-state index in [1.807, 2.05) is 0 Å². The van der Waals surface area contributed by atoms with Crippen molar-refractivity contribution < 1.29 is 18.0 Å². The molecule has 1 amide bonds. The number of halogens is 3. The van der Waals surface area contributed by atoms with E-state index in [-0.39, 0.29) is 12.0 Å². The molecule has 1 atom stereocenters. The zero-order valence-corrected chi connectivity index (χ0v) is 16.1. The van der Waals surface area contributed by atoms with Crippen LogP contribution in [-0.4, -0.2) is 23.3 Å². The summed E-state index contributed by atoms with van der Waals surface area (Å²) in [6.07, 6.45) is 1.34. The summed E-state index contributed by atoms with van der Waals surface area (Å²) in [4.78, 5) is 19.7. The van der Waals surface area contributed by atoms with E-state index in [9.17, 15) is 18.0 Å². The third kappa shape index (κ3) is 6.33. The van der Waals surface area contributed by atoms with Crippen LogP contribution in [-0.2, 0) is 11.0 Å². The van der Waals surface area contributed by atoms with E-state index < -0.39 is 11.9 Å². The Labute approximate surface area is 158 Å². The number of nitrogens with one attached hydrogen (secondary N) is 1. The fourth-order valence-electron chi connectivity index (χ4n) is 3.06. The van der Waals surface area contributed by atoms with Crippen LogP contribution in [0.15, 0.2) is 17.1 Å². The van der Waals surface area contributed by atoms with Gasteiger partial charge in [0.05, 0.1) is 11.7 Å². The van der Waals surface area contributed by atoms with Crippen molar-refractivity contribution in [2.75, 3.05) is 0 Å². The summed E-state index contributed by atoms with van der Waals surface area (Å²) in [6.45, 7) is 6.35. The number of pyridine rings is 1. The minimum Gasteiger partial charge on any atom is -0.313 e. The van der Waals surface area contributed by atoms with Gasteiger partial charge in [0.2, 0.25) is 6.41 Å². The lowest BCUT2D eigenvalue weighted by Gasteiger charge is -2.18. The second-order valence-corrected chi connectivity index (χ2v) is 7.55. The number of hydrogen-bond donors (Lipinski definition) is 1. The van der Waals surface area contributed by atoms with Crippen LogP contribution >= 0.6 is 0 Å². The van der Waals surface area contributed by atoms with Crippen molar-refractivity contribution >= 4 is 12.2 Å². The highest BCUT2D eigenvalue weighted by Crippen LogP contribution is 2.42. The SMILES string of the molecule is CCCC(CCC(C)C)N=C(NC=O)c1ccc(C(F)(F)F)nc1C1CC1. The number of aromatic nitrogens is 1. The normalized spacial score (nSPS) is 16.5. The molecule has 0 bridgehead atoms. The number of aliphatic imine (C=N–C) groups is 1. The molecule has 0 radical (unpaired) electrons. The number of amides is 1. The molecule has 1 saturated carbocycles. The number of nitrogens with zero attached hydrogens (tertiary/aromatic N) is 2. The lowest BCUT2D eigenvalue weighted by molar-refractivity contribution is -0.141. The second kappa shape index (κ2) is 9.33. The molecular formula is C20H28F3N3O. The molecule has 1 aromatic rings. The summed E-state index contributed by atoms with van der Waals surface area (Å²) in [5.74, 6) is 0.869. The van der Waals surface area contributed by atoms with Gasteiger partial charge in [-0.15, -0.1) is 0 Å². The molecule has 0 aliphatic heterocycles. The Hall–Kier alpha value is -1.92. The van der Waals surface area contributed by atoms with Gasteiger partial charge in [-0.25, -0.2) is 4.98 Å². The van der Waals surface area contributed by atoms with Crippen LogP contribution in [0.25, 0.3) is 0 Å². The van der Waals surface area contributed by atoms with E-state index in [1.165, 1.54) is 6.07 Å². The van der Waals surface area contributed by atoms with Gasteiger partial charge in [0.15, 0.2) is 0 Å². The predicted octanol–water partition coefficient (Wildman–Crippen LogP) is 5.08. The third-order valence-electron chi connectivity index (χ3n) is 4.64. The lowest BCUT2D eigenvalue weighted by atomic mass is 10.0. The molecule has 1 heterocycles. The lowest BCUT2D eigenvalue weighted by Crippen LogP contribution is -2.27. The van der Waals surface area contributed by atoms with Gasteiger partial charge >= 0.3 is 6.18 Å². The van der Waals surface area contributed by atoms with Crippen molar-refractivity contribution in [1.82, 2.24) is 10.3 Å². The van der Waals surface area contributed by atoms with E-state index in [0.29, 0.717) is 29.4 Å². The quantitative estimate of drug-likeness (QED) is 0.367. The van der Waals surface area contributed by atoms with Crippen molar-refractivity contribution in [3.05, 3.63) is 29.1 Å². The minimum absolute atomic E-state index is 0.00115. The van der Waals surface area contributed by atoms with Crippen LogP contribution in [0.4, 0.5) is 13.2 Å². The number of carbonyl (C=O) groups excluding carboxylic acids is 1. The number of rotatable bonds is 9. The molecule has 27 heavy (non-hydrogen) atoms. The molecule has 4 nitrogen and oxygen atoms in total. The highest BCUT2D eigenvalue weighted by Gasteiger charge is 2.36. The smallest absolute Gasteiger partial charge is 0.313 e.